The van der Waals surface area contributed by atoms with Crippen LogP contribution in [0.5, 0.6) is 5.75 Å². The van der Waals surface area contributed by atoms with Gasteiger partial charge in [0.15, 0.2) is 0 Å². The van der Waals surface area contributed by atoms with Crippen molar-refractivity contribution in [1.82, 2.24) is 0 Å². The van der Waals surface area contributed by atoms with Gasteiger partial charge in [0.05, 0.1) is 24.3 Å². The largest absolute Gasteiger partial charge is 0.494 e. The summed E-state index contributed by atoms with van der Waals surface area (Å²) in [6.07, 6.45) is 1.98. The van der Waals surface area contributed by atoms with E-state index in [1.807, 2.05) is 0 Å². The van der Waals surface area contributed by atoms with Crippen molar-refractivity contribution in [3.8, 4) is 11.8 Å². The van der Waals surface area contributed by atoms with Gasteiger partial charge in [0.25, 0.3) is 0 Å². The molecule has 0 atom stereocenters. The Morgan fingerprint density at radius 1 is 1.26 bits per heavy atom. The fraction of sp³-hybridized carbons (Fsp3) is 0.533. The molecular formula is C15H19BrN2O. The maximum Gasteiger partial charge on any atom is 0.145 e. The van der Waals surface area contributed by atoms with Crippen LogP contribution in [0.2, 0.25) is 0 Å². The number of rotatable bonds is 4. The lowest BCUT2D eigenvalue weighted by atomic mass is 10.0. The highest BCUT2D eigenvalue weighted by Crippen LogP contribution is 2.46. The van der Waals surface area contributed by atoms with Gasteiger partial charge in [0.2, 0.25) is 0 Å². The Hall–Kier alpha value is -1.21. The first-order valence-electron chi connectivity index (χ1n) is 6.44. The molecule has 0 unspecified atom stereocenters. The van der Waals surface area contributed by atoms with E-state index in [1.54, 1.807) is 7.11 Å². The zero-order chi connectivity index (χ0) is 14.2. The molecular weight excluding hydrogens is 304 g/mol. The standard InChI is InChI=1S/C15H19BrN2O/c1-9-10(2)14(19-4)13(11(3)12(9)16)18-8-15(7-17)5-6-15/h18H,5-6,8H2,1-4H3. The number of ether oxygens (including phenoxy) is 1. The van der Waals surface area contributed by atoms with Crippen LogP contribution in [0.4, 0.5) is 5.69 Å². The maximum absolute atomic E-state index is 9.15. The van der Waals surface area contributed by atoms with Crippen LogP contribution in [0.15, 0.2) is 4.47 Å². The molecule has 0 spiro atoms. The monoisotopic (exact) mass is 322 g/mol. The Kier molecular flexibility index (Phi) is 3.78. The Morgan fingerprint density at radius 2 is 1.89 bits per heavy atom. The number of halogens is 1. The van der Waals surface area contributed by atoms with Gasteiger partial charge in [-0.25, -0.2) is 0 Å². The summed E-state index contributed by atoms with van der Waals surface area (Å²) in [7, 11) is 1.69. The number of methoxy groups -OCH3 is 1. The number of benzene rings is 1. The highest BCUT2D eigenvalue weighted by atomic mass is 79.9. The van der Waals surface area contributed by atoms with Crippen molar-refractivity contribution in [3.05, 3.63) is 21.2 Å². The topological polar surface area (TPSA) is 45.0 Å². The van der Waals surface area contributed by atoms with Crippen LogP contribution in [0, 0.1) is 37.5 Å². The van der Waals surface area contributed by atoms with Crippen molar-refractivity contribution in [1.29, 1.82) is 5.26 Å². The Bertz CT molecular complexity index is 556. The number of hydrogen-bond donors (Lipinski definition) is 1. The van der Waals surface area contributed by atoms with Crippen LogP contribution >= 0.6 is 15.9 Å². The molecule has 0 amide bonds. The number of anilines is 1. The Balaban J connectivity index is 2.36. The van der Waals surface area contributed by atoms with Gasteiger partial charge in [-0.2, -0.15) is 5.26 Å². The molecule has 1 N–H and O–H groups in total. The third-order valence-electron chi connectivity index (χ3n) is 4.06. The molecule has 0 heterocycles. The number of nitriles is 1. The minimum absolute atomic E-state index is 0.164. The molecule has 0 radical (unpaired) electrons. The third kappa shape index (κ3) is 2.44. The predicted molar refractivity (Wildman–Crippen MR) is 80.7 cm³/mol. The van der Waals surface area contributed by atoms with Crippen molar-refractivity contribution in [3.63, 3.8) is 0 Å². The minimum atomic E-state index is -0.164. The van der Waals surface area contributed by atoms with E-state index in [0.717, 1.165) is 39.9 Å². The first-order chi connectivity index (χ1) is 8.95. The summed E-state index contributed by atoms with van der Waals surface area (Å²) in [4.78, 5) is 0. The fourth-order valence-electron chi connectivity index (χ4n) is 2.29. The van der Waals surface area contributed by atoms with E-state index >= 15 is 0 Å². The Morgan fingerprint density at radius 3 is 2.37 bits per heavy atom. The maximum atomic E-state index is 9.15. The van der Waals surface area contributed by atoms with Gasteiger partial charge >= 0.3 is 0 Å². The molecule has 4 heteroatoms. The lowest BCUT2D eigenvalue weighted by molar-refractivity contribution is 0.412. The SMILES string of the molecule is COc1c(C)c(C)c(Br)c(C)c1NCC1(C#N)CC1. The van der Waals surface area contributed by atoms with Crippen LogP contribution in [-0.2, 0) is 0 Å². The van der Waals surface area contributed by atoms with Gasteiger partial charge in [0, 0.05) is 11.0 Å². The van der Waals surface area contributed by atoms with Crippen molar-refractivity contribution in [2.24, 2.45) is 5.41 Å². The van der Waals surface area contributed by atoms with Crippen molar-refractivity contribution >= 4 is 21.6 Å². The summed E-state index contributed by atoms with van der Waals surface area (Å²) in [5.74, 6) is 0.881. The second kappa shape index (κ2) is 5.05. The lowest BCUT2D eigenvalue weighted by Crippen LogP contribution is -2.15. The summed E-state index contributed by atoms with van der Waals surface area (Å²) in [5.41, 5.74) is 4.29. The van der Waals surface area contributed by atoms with Crippen LogP contribution in [0.1, 0.15) is 29.5 Å². The molecule has 1 aromatic carbocycles. The smallest absolute Gasteiger partial charge is 0.145 e. The predicted octanol–water partition coefficient (Wildman–Crippen LogP) is 4.10. The normalized spacial score (nSPS) is 15.8. The van der Waals surface area contributed by atoms with Gasteiger partial charge in [-0.05, 0) is 50.3 Å². The molecule has 1 aliphatic carbocycles. The summed E-state index contributed by atoms with van der Waals surface area (Å²) >= 11 is 3.64. The van der Waals surface area contributed by atoms with Crippen LogP contribution in [0.25, 0.3) is 0 Å². The van der Waals surface area contributed by atoms with Crippen molar-refractivity contribution in [2.45, 2.75) is 33.6 Å². The van der Waals surface area contributed by atoms with Crippen LogP contribution in [0.3, 0.4) is 0 Å². The molecule has 19 heavy (non-hydrogen) atoms. The van der Waals surface area contributed by atoms with E-state index in [1.165, 1.54) is 5.56 Å². The van der Waals surface area contributed by atoms with Crippen LogP contribution in [-0.4, -0.2) is 13.7 Å². The van der Waals surface area contributed by atoms with E-state index in [0.29, 0.717) is 6.54 Å². The summed E-state index contributed by atoms with van der Waals surface area (Å²) < 4.78 is 6.65. The molecule has 0 saturated heterocycles. The highest BCUT2D eigenvalue weighted by molar-refractivity contribution is 9.10. The van der Waals surface area contributed by atoms with E-state index in [9.17, 15) is 0 Å². The lowest BCUT2D eigenvalue weighted by Gasteiger charge is -2.20. The first kappa shape index (κ1) is 14.2. The average Bonchev–Trinajstić information content (AvgIpc) is 3.19. The zero-order valence-corrected chi connectivity index (χ0v) is 13.4. The molecule has 0 aromatic heterocycles. The molecule has 3 nitrogen and oxygen atoms in total. The van der Waals surface area contributed by atoms with Crippen LogP contribution < -0.4 is 10.1 Å². The molecule has 2 rings (SSSR count). The van der Waals surface area contributed by atoms with Gasteiger partial charge in [-0.15, -0.1) is 0 Å². The minimum Gasteiger partial charge on any atom is -0.494 e. The number of hydrogen-bond acceptors (Lipinski definition) is 3. The summed E-state index contributed by atoms with van der Waals surface area (Å²) in [5, 5.41) is 12.6. The molecule has 1 saturated carbocycles. The molecule has 1 aromatic rings. The molecule has 102 valence electrons. The van der Waals surface area contributed by atoms with Gasteiger partial charge in [-0.3, -0.25) is 0 Å². The first-order valence-corrected chi connectivity index (χ1v) is 7.23. The average molecular weight is 323 g/mol. The highest BCUT2D eigenvalue weighted by Gasteiger charge is 2.43. The second-order valence-corrected chi connectivity index (χ2v) is 6.14. The van der Waals surface area contributed by atoms with E-state index in [2.05, 4.69) is 48.1 Å². The number of nitrogens with zero attached hydrogens (tertiary/aromatic N) is 1. The molecule has 0 aliphatic heterocycles. The van der Waals surface area contributed by atoms with Crippen molar-refractivity contribution in [2.75, 3.05) is 19.0 Å². The fourth-order valence-corrected chi connectivity index (χ4v) is 2.78. The summed E-state index contributed by atoms with van der Waals surface area (Å²) in [6, 6.07) is 2.41. The van der Waals surface area contributed by atoms with Crippen molar-refractivity contribution < 1.29 is 4.74 Å². The van der Waals surface area contributed by atoms with Gasteiger partial charge in [0.1, 0.15) is 5.75 Å². The molecule has 1 fully saturated rings. The second-order valence-electron chi connectivity index (χ2n) is 5.34. The van der Waals surface area contributed by atoms with E-state index in [-0.39, 0.29) is 5.41 Å². The molecule has 1 aliphatic rings. The van der Waals surface area contributed by atoms with Gasteiger partial charge in [-0.1, -0.05) is 15.9 Å². The van der Waals surface area contributed by atoms with E-state index < -0.39 is 0 Å². The Labute approximate surface area is 123 Å². The summed E-state index contributed by atoms with van der Waals surface area (Å²) in [6.45, 7) is 6.89. The molecule has 0 bridgehead atoms. The number of nitrogens with one attached hydrogen (secondary N) is 1. The zero-order valence-electron chi connectivity index (χ0n) is 11.9. The van der Waals surface area contributed by atoms with Gasteiger partial charge < -0.3 is 10.1 Å². The quantitative estimate of drug-likeness (QED) is 0.907. The third-order valence-corrected chi connectivity index (χ3v) is 5.25. The van der Waals surface area contributed by atoms with E-state index in [4.69, 9.17) is 10.00 Å².